The van der Waals surface area contributed by atoms with E-state index in [1.165, 1.54) is 10.9 Å². The number of hydrazine groups is 1. The number of nitrogens with zero attached hydrogens (tertiary/aromatic N) is 5. The third-order valence-electron chi connectivity index (χ3n) is 6.11. The van der Waals surface area contributed by atoms with E-state index < -0.39 is 30.7 Å². The van der Waals surface area contributed by atoms with Crippen LogP contribution in [0.25, 0.3) is 11.4 Å². The first kappa shape index (κ1) is 23.1. The van der Waals surface area contributed by atoms with Gasteiger partial charge in [0.2, 0.25) is 6.43 Å². The normalized spacial score (nSPS) is 19.8. The molecule has 0 aliphatic carbocycles. The molecule has 1 saturated heterocycles. The average Bonchev–Trinajstić information content (AvgIpc) is 3.41. The molecule has 0 aromatic carbocycles. The number of nitrogen functional groups attached to an aromatic ring is 1. The molecule has 1 aliphatic rings. The molecule has 5 N–H and O–H groups in total. The van der Waals surface area contributed by atoms with Crippen LogP contribution in [-0.2, 0) is 7.05 Å². The fourth-order valence-electron chi connectivity index (χ4n) is 4.53. The van der Waals surface area contributed by atoms with Crippen molar-refractivity contribution in [2.75, 3.05) is 16.9 Å². The van der Waals surface area contributed by atoms with E-state index in [-0.39, 0.29) is 23.1 Å². The van der Waals surface area contributed by atoms with Crippen molar-refractivity contribution in [3.63, 3.8) is 0 Å². The number of aromatic nitrogens is 5. The van der Waals surface area contributed by atoms with E-state index in [1.54, 1.807) is 19.2 Å². The summed E-state index contributed by atoms with van der Waals surface area (Å²) in [6.07, 6.45) is 0.0164. The van der Waals surface area contributed by atoms with Crippen molar-refractivity contribution in [1.82, 2.24) is 25.0 Å². The summed E-state index contributed by atoms with van der Waals surface area (Å²) in [6.45, 7) is 2.47. The molecule has 3 atom stereocenters. The molecule has 4 rings (SSSR count). The number of alkyl halides is 2. The molecule has 9 nitrogen and oxygen atoms in total. The van der Waals surface area contributed by atoms with Gasteiger partial charge in [0.05, 0.1) is 41.0 Å². The van der Waals surface area contributed by atoms with E-state index >= 15 is 0 Å². The Morgan fingerprint density at radius 1 is 1.39 bits per heavy atom. The highest BCUT2D eigenvalue weighted by Crippen LogP contribution is 2.42. The first-order valence-electron chi connectivity index (χ1n) is 10.7. The highest BCUT2D eigenvalue weighted by Gasteiger charge is 2.32. The number of halogens is 3. The fraction of sp³-hybridized carbons (Fsp3) is 0.476. The number of H-pyrrole nitrogens is 1. The number of hydrogen-bond donors (Lipinski definition) is 4. The minimum Gasteiger partial charge on any atom is -0.393 e. The number of aryl methyl sites for hydroxylation is 1. The number of piperidine rings is 1. The second-order valence-corrected chi connectivity index (χ2v) is 8.31. The molecule has 33 heavy (non-hydrogen) atoms. The second kappa shape index (κ2) is 9.40. The van der Waals surface area contributed by atoms with Gasteiger partial charge in [0.25, 0.3) is 0 Å². The maximum atomic E-state index is 14.7. The van der Waals surface area contributed by atoms with Crippen molar-refractivity contribution in [2.24, 2.45) is 12.9 Å². The van der Waals surface area contributed by atoms with Crippen LogP contribution in [-0.4, -0.2) is 55.2 Å². The van der Waals surface area contributed by atoms with Crippen molar-refractivity contribution in [3.05, 3.63) is 41.7 Å². The van der Waals surface area contributed by atoms with Crippen molar-refractivity contribution in [1.29, 1.82) is 0 Å². The standard InChI is InChI=1S/C21H27F3N8O/c1-11-7-12(33)4-6-32(11)17-9-16(21-14(22)10-27-31(21)2)28-19(20(17)29-25)13(8-18(23)24)15-3-5-26-30-15/h3,5,9-13,18,29,33H,4,6-8,25H2,1-2H3,(H,26,30). The summed E-state index contributed by atoms with van der Waals surface area (Å²) >= 11 is 0. The SMILES string of the molecule is CC1CC(O)CCN1c1cc(-c2c(F)cnn2C)nc(C(CC(F)F)c2ccn[nH]2)c1NN. The van der Waals surface area contributed by atoms with Gasteiger partial charge in [0, 0.05) is 37.9 Å². The molecular weight excluding hydrogens is 437 g/mol. The quantitative estimate of drug-likeness (QED) is 0.313. The number of anilines is 2. The fourth-order valence-corrected chi connectivity index (χ4v) is 4.53. The highest BCUT2D eigenvalue weighted by molar-refractivity contribution is 5.78. The summed E-state index contributed by atoms with van der Waals surface area (Å²) in [5, 5.41) is 20.7. The molecular formula is C21H27F3N8O. The van der Waals surface area contributed by atoms with Crippen LogP contribution in [0.4, 0.5) is 24.5 Å². The molecule has 0 radical (unpaired) electrons. The van der Waals surface area contributed by atoms with Gasteiger partial charge in [-0.05, 0) is 31.9 Å². The molecule has 4 heterocycles. The lowest BCUT2D eigenvalue weighted by Gasteiger charge is -2.39. The predicted octanol–water partition coefficient (Wildman–Crippen LogP) is 2.77. The van der Waals surface area contributed by atoms with Crippen LogP contribution >= 0.6 is 0 Å². The first-order valence-corrected chi connectivity index (χ1v) is 10.7. The van der Waals surface area contributed by atoms with Gasteiger partial charge in [-0.1, -0.05) is 0 Å². The van der Waals surface area contributed by atoms with E-state index in [0.29, 0.717) is 36.5 Å². The van der Waals surface area contributed by atoms with Gasteiger partial charge in [-0.15, -0.1) is 0 Å². The average molecular weight is 464 g/mol. The zero-order valence-corrected chi connectivity index (χ0v) is 18.3. The summed E-state index contributed by atoms with van der Waals surface area (Å²) in [4.78, 5) is 6.64. The number of nitrogens with one attached hydrogen (secondary N) is 2. The van der Waals surface area contributed by atoms with Crippen molar-refractivity contribution in [3.8, 4) is 11.4 Å². The maximum absolute atomic E-state index is 14.7. The van der Waals surface area contributed by atoms with Crippen LogP contribution in [0.15, 0.2) is 24.5 Å². The number of pyridine rings is 1. The lowest BCUT2D eigenvalue weighted by atomic mass is 9.93. The van der Waals surface area contributed by atoms with Gasteiger partial charge >= 0.3 is 0 Å². The van der Waals surface area contributed by atoms with Gasteiger partial charge in [0.15, 0.2) is 5.82 Å². The number of rotatable bonds is 7. The molecule has 1 aliphatic heterocycles. The Morgan fingerprint density at radius 3 is 2.76 bits per heavy atom. The van der Waals surface area contributed by atoms with Crippen LogP contribution in [0.2, 0.25) is 0 Å². The lowest BCUT2D eigenvalue weighted by molar-refractivity contribution is 0.130. The molecule has 0 saturated carbocycles. The molecule has 0 amide bonds. The Hall–Kier alpha value is -3.12. The van der Waals surface area contributed by atoms with Gasteiger partial charge in [0.1, 0.15) is 5.69 Å². The van der Waals surface area contributed by atoms with Gasteiger partial charge in [-0.25, -0.2) is 18.2 Å². The van der Waals surface area contributed by atoms with Crippen LogP contribution in [0.3, 0.4) is 0 Å². The molecule has 3 aromatic rings. The predicted molar refractivity (Wildman–Crippen MR) is 117 cm³/mol. The summed E-state index contributed by atoms with van der Waals surface area (Å²) in [6, 6.07) is 3.21. The number of aliphatic hydroxyl groups is 1. The van der Waals surface area contributed by atoms with Crippen molar-refractivity contribution in [2.45, 2.75) is 50.7 Å². The first-order chi connectivity index (χ1) is 15.8. The maximum Gasteiger partial charge on any atom is 0.239 e. The largest absolute Gasteiger partial charge is 0.393 e. The second-order valence-electron chi connectivity index (χ2n) is 8.31. The summed E-state index contributed by atoms with van der Waals surface area (Å²) in [7, 11) is 1.58. The zero-order valence-electron chi connectivity index (χ0n) is 18.3. The van der Waals surface area contributed by atoms with Crippen LogP contribution in [0, 0.1) is 5.82 Å². The van der Waals surface area contributed by atoms with Crippen LogP contribution < -0.4 is 16.2 Å². The van der Waals surface area contributed by atoms with E-state index in [1.807, 2.05) is 11.8 Å². The molecule has 1 fully saturated rings. The minimum absolute atomic E-state index is 0.0685. The molecule has 3 aromatic heterocycles. The zero-order chi connectivity index (χ0) is 23.7. The Balaban J connectivity index is 1.95. The van der Waals surface area contributed by atoms with E-state index in [2.05, 4.69) is 25.7 Å². The third-order valence-corrected chi connectivity index (χ3v) is 6.11. The molecule has 12 heteroatoms. The summed E-state index contributed by atoms with van der Waals surface area (Å²) in [5.41, 5.74) is 4.67. The number of aliphatic hydroxyl groups excluding tert-OH is 1. The molecule has 178 valence electrons. The lowest BCUT2D eigenvalue weighted by Crippen LogP contribution is -2.43. The van der Waals surface area contributed by atoms with E-state index in [0.717, 1.165) is 6.20 Å². The van der Waals surface area contributed by atoms with Crippen molar-refractivity contribution < 1.29 is 18.3 Å². The Labute approximate surface area is 188 Å². The summed E-state index contributed by atoms with van der Waals surface area (Å²) in [5.74, 6) is 4.46. The highest BCUT2D eigenvalue weighted by atomic mass is 19.3. The molecule has 0 bridgehead atoms. The van der Waals surface area contributed by atoms with Crippen molar-refractivity contribution >= 4 is 11.4 Å². The van der Waals surface area contributed by atoms with Gasteiger partial charge < -0.3 is 15.4 Å². The van der Waals surface area contributed by atoms with Gasteiger partial charge in [-0.2, -0.15) is 10.2 Å². The number of nitrogens with two attached hydrogens (primary N) is 1. The smallest absolute Gasteiger partial charge is 0.239 e. The minimum atomic E-state index is -2.63. The molecule has 3 unspecified atom stereocenters. The third kappa shape index (κ3) is 4.53. The van der Waals surface area contributed by atoms with Gasteiger partial charge in [-0.3, -0.25) is 15.6 Å². The number of aromatic amines is 1. The van der Waals surface area contributed by atoms with E-state index in [4.69, 9.17) is 5.84 Å². The Bertz CT molecular complexity index is 1070. The van der Waals surface area contributed by atoms with Crippen LogP contribution in [0.1, 0.15) is 43.5 Å². The Kier molecular flexibility index (Phi) is 6.56. The monoisotopic (exact) mass is 464 g/mol. The summed E-state index contributed by atoms with van der Waals surface area (Å²) < 4.78 is 43.3. The molecule has 0 spiro atoms. The van der Waals surface area contributed by atoms with Crippen LogP contribution in [0.5, 0.6) is 0 Å². The Morgan fingerprint density at radius 2 is 2.18 bits per heavy atom. The topological polar surface area (TPSA) is 121 Å². The van der Waals surface area contributed by atoms with E-state index in [9.17, 15) is 18.3 Å². The number of hydrogen-bond acceptors (Lipinski definition) is 7.